The predicted molar refractivity (Wildman–Crippen MR) is 116 cm³/mol. The van der Waals surface area contributed by atoms with E-state index in [1.165, 1.54) is 30.7 Å². The fraction of sp³-hybridized carbons (Fsp3) is 0.381. The highest BCUT2D eigenvalue weighted by Gasteiger charge is 2.29. The van der Waals surface area contributed by atoms with Crippen LogP contribution in [0.4, 0.5) is 5.69 Å². The van der Waals surface area contributed by atoms with Crippen molar-refractivity contribution in [2.45, 2.75) is 4.90 Å². The molecule has 0 unspecified atom stereocenters. The van der Waals surface area contributed by atoms with Gasteiger partial charge in [-0.1, -0.05) is 0 Å². The maximum absolute atomic E-state index is 12.8. The minimum atomic E-state index is -3.58. The molecular formula is C21H27N3O6S. The number of ether oxygens (including phenoxy) is 3. The molecule has 168 valence electrons. The number of amides is 1. The fourth-order valence-electron chi connectivity index (χ4n) is 3.34. The van der Waals surface area contributed by atoms with Crippen molar-refractivity contribution in [2.24, 2.45) is 0 Å². The molecule has 0 aliphatic carbocycles. The van der Waals surface area contributed by atoms with Gasteiger partial charge in [-0.2, -0.15) is 4.31 Å². The molecule has 0 atom stereocenters. The van der Waals surface area contributed by atoms with Crippen LogP contribution < -0.4 is 19.5 Å². The Morgan fingerprint density at radius 1 is 0.903 bits per heavy atom. The van der Waals surface area contributed by atoms with Gasteiger partial charge in [-0.25, -0.2) is 8.42 Å². The molecule has 0 bridgehead atoms. The lowest BCUT2D eigenvalue weighted by atomic mass is 10.2. The number of sulfonamides is 1. The van der Waals surface area contributed by atoms with Crippen LogP contribution in [-0.2, 0) is 14.8 Å². The number of rotatable bonds is 8. The minimum absolute atomic E-state index is 0.171. The SMILES string of the molecule is COc1ccc(S(=O)(=O)N2CCN(CC(=O)Nc3ccc(OC)c(OC)c3)CC2)cc1. The van der Waals surface area contributed by atoms with Crippen LogP contribution in [0.5, 0.6) is 17.2 Å². The van der Waals surface area contributed by atoms with Gasteiger partial charge in [0.25, 0.3) is 0 Å². The molecule has 0 spiro atoms. The molecule has 9 nitrogen and oxygen atoms in total. The molecular weight excluding hydrogens is 422 g/mol. The van der Waals surface area contributed by atoms with Crippen LogP contribution in [0.2, 0.25) is 0 Å². The zero-order chi connectivity index (χ0) is 22.4. The Bertz CT molecular complexity index is 1000. The van der Waals surface area contributed by atoms with Gasteiger partial charge in [0.15, 0.2) is 11.5 Å². The first-order chi connectivity index (χ1) is 14.9. The van der Waals surface area contributed by atoms with Crippen molar-refractivity contribution in [3.05, 3.63) is 42.5 Å². The standard InChI is InChI=1S/C21H27N3O6S/c1-28-17-5-7-18(8-6-17)31(26,27)24-12-10-23(11-13-24)15-21(25)22-16-4-9-19(29-2)20(14-16)30-3/h4-9,14H,10-13,15H2,1-3H3,(H,22,25). The van der Waals surface area contributed by atoms with Crippen LogP contribution in [0.3, 0.4) is 0 Å². The van der Waals surface area contributed by atoms with Crippen molar-refractivity contribution < 1.29 is 27.4 Å². The molecule has 1 amide bonds. The van der Waals surface area contributed by atoms with Gasteiger partial charge in [0.1, 0.15) is 5.75 Å². The third kappa shape index (κ3) is 5.46. The van der Waals surface area contributed by atoms with Crippen LogP contribution in [0, 0.1) is 0 Å². The Morgan fingerprint density at radius 3 is 2.13 bits per heavy atom. The first-order valence-electron chi connectivity index (χ1n) is 9.76. The second-order valence-electron chi connectivity index (χ2n) is 6.97. The maximum atomic E-state index is 12.8. The van der Waals surface area contributed by atoms with E-state index in [1.807, 2.05) is 4.90 Å². The van der Waals surface area contributed by atoms with E-state index in [0.717, 1.165) is 0 Å². The van der Waals surface area contributed by atoms with Crippen molar-refractivity contribution >= 4 is 21.6 Å². The topological polar surface area (TPSA) is 97.4 Å². The Kier molecular flexibility index (Phi) is 7.37. The quantitative estimate of drug-likeness (QED) is 0.655. The number of benzene rings is 2. The maximum Gasteiger partial charge on any atom is 0.243 e. The van der Waals surface area contributed by atoms with E-state index in [1.54, 1.807) is 37.4 Å². The number of methoxy groups -OCH3 is 3. The second-order valence-corrected chi connectivity index (χ2v) is 8.91. The first-order valence-corrected chi connectivity index (χ1v) is 11.2. The molecule has 2 aromatic rings. The van der Waals surface area contributed by atoms with Gasteiger partial charge < -0.3 is 19.5 Å². The van der Waals surface area contributed by atoms with E-state index in [2.05, 4.69) is 5.32 Å². The Labute approximate surface area is 182 Å². The van der Waals surface area contributed by atoms with Gasteiger partial charge in [0, 0.05) is 37.9 Å². The fourth-order valence-corrected chi connectivity index (χ4v) is 4.76. The van der Waals surface area contributed by atoms with Crippen LogP contribution in [0.1, 0.15) is 0 Å². The van der Waals surface area contributed by atoms with Crippen molar-refractivity contribution in [3.8, 4) is 17.2 Å². The van der Waals surface area contributed by atoms with Crippen molar-refractivity contribution in [1.29, 1.82) is 0 Å². The van der Waals surface area contributed by atoms with E-state index < -0.39 is 10.0 Å². The number of carbonyl (C=O) groups excluding carboxylic acids is 1. The molecule has 1 aliphatic rings. The van der Waals surface area contributed by atoms with Gasteiger partial charge in [-0.05, 0) is 36.4 Å². The summed E-state index contributed by atoms with van der Waals surface area (Å²) in [5.41, 5.74) is 0.600. The van der Waals surface area contributed by atoms with E-state index in [9.17, 15) is 13.2 Å². The molecule has 1 fully saturated rings. The monoisotopic (exact) mass is 449 g/mol. The molecule has 0 saturated carbocycles. The molecule has 1 N–H and O–H groups in total. The third-order valence-electron chi connectivity index (χ3n) is 5.06. The van der Waals surface area contributed by atoms with Crippen LogP contribution >= 0.6 is 0 Å². The summed E-state index contributed by atoms with van der Waals surface area (Å²) in [7, 11) is 1.03. The lowest BCUT2D eigenvalue weighted by molar-refractivity contribution is -0.117. The molecule has 1 heterocycles. The van der Waals surface area contributed by atoms with Crippen LogP contribution in [0.25, 0.3) is 0 Å². The summed E-state index contributed by atoms with van der Waals surface area (Å²) >= 11 is 0. The van der Waals surface area contributed by atoms with Crippen molar-refractivity contribution in [2.75, 3.05) is 59.4 Å². The van der Waals surface area contributed by atoms with Gasteiger partial charge in [0.05, 0.1) is 32.8 Å². The van der Waals surface area contributed by atoms with Gasteiger partial charge in [-0.3, -0.25) is 9.69 Å². The highest BCUT2D eigenvalue weighted by Crippen LogP contribution is 2.29. The summed E-state index contributed by atoms with van der Waals surface area (Å²) < 4.78 is 42.6. The number of hydrogen-bond donors (Lipinski definition) is 1. The van der Waals surface area contributed by atoms with Gasteiger partial charge >= 0.3 is 0 Å². The summed E-state index contributed by atoms with van der Waals surface area (Å²) in [6, 6.07) is 11.5. The summed E-state index contributed by atoms with van der Waals surface area (Å²) in [5, 5.41) is 2.83. The molecule has 0 radical (unpaired) electrons. The molecule has 10 heteroatoms. The highest BCUT2D eigenvalue weighted by molar-refractivity contribution is 7.89. The molecule has 31 heavy (non-hydrogen) atoms. The molecule has 0 aromatic heterocycles. The van der Waals surface area contributed by atoms with E-state index in [-0.39, 0.29) is 17.3 Å². The molecule has 1 aliphatic heterocycles. The summed E-state index contributed by atoms with van der Waals surface area (Å²) in [4.78, 5) is 14.6. The number of piperazine rings is 1. The average molecular weight is 450 g/mol. The number of anilines is 1. The van der Waals surface area contributed by atoms with Crippen molar-refractivity contribution in [1.82, 2.24) is 9.21 Å². The zero-order valence-corrected chi connectivity index (χ0v) is 18.6. The number of nitrogens with zero attached hydrogens (tertiary/aromatic N) is 2. The number of hydrogen-bond acceptors (Lipinski definition) is 7. The Morgan fingerprint density at radius 2 is 1.55 bits per heavy atom. The lowest BCUT2D eigenvalue weighted by Crippen LogP contribution is -2.50. The van der Waals surface area contributed by atoms with E-state index in [4.69, 9.17) is 14.2 Å². The Hall–Kier alpha value is -2.82. The highest BCUT2D eigenvalue weighted by atomic mass is 32.2. The van der Waals surface area contributed by atoms with Gasteiger partial charge in [-0.15, -0.1) is 0 Å². The van der Waals surface area contributed by atoms with E-state index in [0.29, 0.717) is 49.1 Å². The van der Waals surface area contributed by atoms with Gasteiger partial charge in [0.2, 0.25) is 15.9 Å². The first kappa shape index (κ1) is 22.9. The zero-order valence-electron chi connectivity index (χ0n) is 17.8. The lowest BCUT2D eigenvalue weighted by Gasteiger charge is -2.33. The number of carbonyl (C=O) groups is 1. The normalized spacial score (nSPS) is 15.3. The largest absolute Gasteiger partial charge is 0.497 e. The summed E-state index contributed by atoms with van der Waals surface area (Å²) in [6.07, 6.45) is 0. The van der Waals surface area contributed by atoms with E-state index >= 15 is 0 Å². The Balaban J connectivity index is 1.54. The average Bonchev–Trinajstić information content (AvgIpc) is 2.79. The summed E-state index contributed by atoms with van der Waals surface area (Å²) in [6.45, 7) is 1.74. The smallest absolute Gasteiger partial charge is 0.243 e. The molecule has 2 aromatic carbocycles. The predicted octanol–water partition coefficient (Wildman–Crippen LogP) is 1.66. The third-order valence-corrected chi connectivity index (χ3v) is 6.98. The number of nitrogens with one attached hydrogen (secondary N) is 1. The van der Waals surface area contributed by atoms with Crippen molar-refractivity contribution in [3.63, 3.8) is 0 Å². The van der Waals surface area contributed by atoms with Crippen LogP contribution in [-0.4, -0.2) is 77.6 Å². The van der Waals surface area contributed by atoms with Crippen LogP contribution in [0.15, 0.2) is 47.4 Å². The summed E-state index contributed by atoms with van der Waals surface area (Å²) in [5.74, 6) is 1.52. The molecule has 1 saturated heterocycles. The molecule has 3 rings (SSSR count). The minimum Gasteiger partial charge on any atom is -0.497 e. The second kappa shape index (κ2) is 9.99.